The summed E-state index contributed by atoms with van der Waals surface area (Å²) < 4.78 is 12.1. The van der Waals surface area contributed by atoms with Gasteiger partial charge in [-0.15, -0.1) is 0 Å². The van der Waals surface area contributed by atoms with Crippen molar-refractivity contribution >= 4 is 0 Å². The van der Waals surface area contributed by atoms with Crippen LogP contribution in [0.4, 0.5) is 4.39 Å². The minimum atomic E-state index is -0.547. The molecule has 0 unspecified atom stereocenters. The first kappa shape index (κ1) is 5.07. The van der Waals surface area contributed by atoms with E-state index < -0.39 is 6.17 Å². The van der Waals surface area contributed by atoms with Crippen LogP contribution in [-0.2, 0) is 0 Å². The van der Waals surface area contributed by atoms with Crippen molar-refractivity contribution in [1.29, 1.82) is 0 Å². The maximum Gasteiger partial charge on any atom is 0.100 e. The van der Waals surface area contributed by atoms with Gasteiger partial charge in [-0.2, -0.15) is 0 Å². The van der Waals surface area contributed by atoms with Gasteiger partial charge >= 0.3 is 0 Å². The molecule has 0 aliphatic heterocycles. The third-order valence-electron chi connectivity index (χ3n) is 1.80. The van der Waals surface area contributed by atoms with Crippen LogP contribution in [0.1, 0.15) is 26.2 Å². The van der Waals surface area contributed by atoms with E-state index in [1.807, 2.05) is 0 Å². The molecular formula is C6H11F. The highest BCUT2D eigenvalue weighted by Gasteiger charge is 2.22. The average molecular weight is 102 g/mol. The minimum absolute atomic E-state index is 0.417. The quantitative estimate of drug-likeness (QED) is 0.476. The van der Waals surface area contributed by atoms with Crippen LogP contribution in [0.25, 0.3) is 0 Å². The van der Waals surface area contributed by atoms with Gasteiger partial charge in [-0.05, 0) is 25.7 Å². The first-order chi connectivity index (χ1) is 3.30. The number of rotatable bonds is 1. The molecule has 0 aromatic rings. The summed E-state index contributed by atoms with van der Waals surface area (Å²) in [5, 5.41) is 0. The molecule has 0 spiro atoms. The fraction of sp³-hybridized carbons (Fsp3) is 1.00. The molecule has 0 amide bonds. The van der Waals surface area contributed by atoms with Gasteiger partial charge in [-0.25, -0.2) is 4.39 Å². The van der Waals surface area contributed by atoms with E-state index in [4.69, 9.17) is 0 Å². The van der Waals surface area contributed by atoms with Crippen LogP contribution in [0.5, 0.6) is 0 Å². The molecule has 0 nitrogen and oxygen atoms in total. The highest BCUT2D eigenvalue weighted by atomic mass is 19.1. The van der Waals surface area contributed by atoms with Crippen molar-refractivity contribution < 1.29 is 4.39 Å². The molecule has 1 saturated carbocycles. The van der Waals surface area contributed by atoms with Crippen molar-refractivity contribution in [3.63, 3.8) is 0 Å². The summed E-state index contributed by atoms with van der Waals surface area (Å²) in [5.74, 6) is 0.417. The van der Waals surface area contributed by atoms with Crippen LogP contribution in [0.15, 0.2) is 0 Å². The third-order valence-corrected chi connectivity index (χ3v) is 1.80. The van der Waals surface area contributed by atoms with E-state index >= 15 is 0 Å². The highest BCUT2D eigenvalue weighted by Crippen LogP contribution is 2.30. The molecule has 0 aromatic heterocycles. The number of hydrogen-bond acceptors (Lipinski definition) is 0. The normalized spacial score (nSPS) is 26.6. The Labute approximate surface area is 43.7 Å². The average Bonchev–Trinajstić information content (AvgIpc) is 1.23. The second kappa shape index (κ2) is 1.81. The molecular weight excluding hydrogens is 91.1 g/mol. The molecule has 1 heteroatoms. The molecule has 7 heavy (non-hydrogen) atoms. The summed E-state index contributed by atoms with van der Waals surface area (Å²) >= 11 is 0. The Kier molecular flexibility index (Phi) is 1.31. The van der Waals surface area contributed by atoms with E-state index in [0.717, 1.165) is 12.8 Å². The van der Waals surface area contributed by atoms with Crippen molar-refractivity contribution in [2.45, 2.75) is 32.4 Å². The molecule has 1 fully saturated rings. The van der Waals surface area contributed by atoms with E-state index in [-0.39, 0.29) is 0 Å². The topological polar surface area (TPSA) is 0 Å². The number of hydrogen-bond donors (Lipinski definition) is 0. The standard InChI is InChI=1S/C6H11F/c1-5(7)6-3-2-4-6/h5-6H,2-4H2,1H3/t5-/m0/s1. The van der Waals surface area contributed by atoms with Crippen molar-refractivity contribution in [2.24, 2.45) is 5.92 Å². The molecule has 0 radical (unpaired) electrons. The van der Waals surface area contributed by atoms with Gasteiger partial charge in [0.25, 0.3) is 0 Å². The van der Waals surface area contributed by atoms with E-state index in [1.54, 1.807) is 6.92 Å². The Balaban J connectivity index is 2.14. The first-order valence-corrected chi connectivity index (χ1v) is 2.95. The SMILES string of the molecule is C[C@H](F)C1CCC1. The predicted molar refractivity (Wildman–Crippen MR) is 27.9 cm³/mol. The zero-order valence-electron chi connectivity index (χ0n) is 4.65. The molecule has 0 saturated heterocycles. The molecule has 0 bridgehead atoms. The summed E-state index contributed by atoms with van der Waals surface area (Å²) in [4.78, 5) is 0. The molecule has 0 N–H and O–H groups in total. The van der Waals surface area contributed by atoms with Gasteiger partial charge in [0.15, 0.2) is 0 Å². The van der Waals surface area contributed by atoms with Crippen LogP contribution in [0.3, 0.4) is 0 Å². The van der Waals surface area contributed by atoms with Crippen molar-refractivity contribution in [1.82, 2.24) is 0 Å². The summed E-state index contributed by atoms with van der Waals surface area (Å²) in [6.07, 6.45) is 2.95. The molecule has 1 rings (SSSR count). The van der Waals surface area contributed by atoms with E-state index in [0.29, 0.717) is 5.92 Å². The Hall–Kier alpha value is -0.0700. The van der Waals surface area contributed by atoms with Crippen LogP contribution in [-0.4, -0.2) is 6.17 Å². The first-order valence-electron chi connectivity index (χ1n) is 2.95. The van der Waals surface area contributed by atoms with Gasteiger partial charge < -0.3 is 0 Å². The molecule has 1 aliphatic carbocycles. The number of halogens is 1. The second-order valence-electron chi connectivity index (χ2n) is 2.37. The van der Waals surface area contributed by atoms with Crippen LogP contribution in [0.2, 0.25) is 0 Å². The molecule has 0 aromatic carbocycles. The zero-order valence-corrected chi connectivity index (χ0v) is 4.65. The Morgan fingerprint density at radius 1 is 1.57 bits per heavy atom. The monoisotopic (exact) mass is 102 g/mol. The lowest BCUT2D eigenvalue weighted by Gasteiger charge is -2.26. The fourth-order valence-corrected chi connectivity index (χ4v) is 0.899. The second-order valence-corrected chi connectivity index (χ2v) is 2.37. The Morgan fingerprint density at radius 3 is 2.14 bits per heavy atom. The maximum atomic E-state index is 12.1. The lowest BCUT2D eigenvalue weighted by Crippen LogP contribution is -2.19. The molecule has 42 valence electrons. The van der Waals surface area contributed by atoms with Crippen molar-refractivity contribution in [2.75, 3.05) is 0 Å². The van der Waals surface area contributed by atoms with Gasteiger partial charge in [0.1, 0.15) is 6.17 Å². The predicted octanol–water partition coefficient (Wildman–Crippen LogP) is 2.14. The smallest absolute Gasteiger partial charge is 0.100 e. The van der Waals surface area contributed by atoms with Gasteiger partial charge in [0.05, 0.1) is 0 Å². The van der Waals surface area contributed by atoms with Gasteiger partial charge in [-0.1, -0.05) is 6.42 Å². The van der Waals surface area contributed by atoms with Gasteiger partial charge in [0.2, 0.25) is 0 Å². The molecule has 1 aliphatic rings. The lowest BCUT2D eigenvalue weighted by atomic mass is 9.82. The Bertz CT molecular complexity index is 55.2. The Morgan fingerprint density at radius 2 is 2.14 bits per heavy atom. The van der Waals surface area contributed by atoms with Crippen molar-refractivity contribution in [3.05, 3.63) is 0 Å². The van der Waals surface area contributed by atoms with E-state index in [2.05, 4.69) is 0 Å². The lowest BCUT2D eigenvalue weighted by molar-refractivity contribution is 0.164. The maximum absolute atomic E-state index is 12.1. The van der Waals surface area contributed by atoms with Crippen molar-refractivity contribution in [3.8, 4) is 0 Å². The zero-order chi connectivity index (χ0) is 5.28. The minimum Gasteiger partial charge on any atom is -0.247 e. The summed E-state index contributed by atoms with van der Waals surface area (Å²) in [7, 11) is 0. The van der Waals surface area contributed by atoms with E-state index in [1.165, 1.54) is 6.42 Å². The van der Waals surface area contributed by atoms with Crippen LogP contribution < -0.4 is 0 Å². The van der Waals surface area contributed by atoms with Crippen LogP contribution in [0, 0.1) is 5.92 Å². The third kappa shape index (κ3) is 0.929. The van der Waals surface area contributed by atoms with Gasteiger partial charge in [-0.3, -0.25) is 0 Å². The summed E-state index contributed by atoms with van der Waals surface area (Å²) in [6, 6.07) is 0. The summed E-state index contributed by atoms with van der Waals surface area (Å²) in [5.41, 5.74) is 0. The molecule has 0 heterocycles. The number of alkyl halides is 1. The molecule has 1 atom stereocenters. The van der Waals surface area contributed by atoms with E-state index in [9.17, 15) is 4.39 Å². The highest BCUT2D eigenvalue weighted by molar-refractivity contribution is 4.73. The largest absolute Gasteiger partial charge is 0.247 e. The van der Waals surface area contributed by atoms with Crippen LogP contribution >= 0.6 is 0 Å². The fourth-order valence-electron chi connectivity index (χ4n) is 0.899. The summed E-state index contributed by atoms with van der Waals surface area (Å²) in [6.45, 7) is 1.66. The van der Waals surface area contributed by atoms with Gasteiger partial charge in [0, 0.05) is 0 Å².